The number of hydrogen-bond donors (Lipinski definition) is 15. The number of amides is 1. The van der Waals surface area contributed by atoms with Crippen LogP contribution >= 0.6 is 0 Å². The summed E-state index contributed by atoms with van der Waals surface area (Å²) in [5, 5.41) is 145. The molecule has 3 saturated heterocycles. The molecule has 0 unspecified atom stereocenters. The fourth-order valence-corrected chi connectivity index (χ4v) is 5.43. The van der Waals surface area contributed by atoms with Crippen molar-refractivity contribution >= 4 is 5.91 Å². The lowest BCUT2D eigenvalue weighted by atomic mass is 9.96. The molecule has 22 nitrogen and oxygen atoms in total. The molecule has 0 bridgehead atoms. The fourth-order valence-electron chi connectivity index (χ4n) is 5.43. The Morgan fingerprint density at radius 3 is 1.69 bits per heavy atom. The van der Waals surface area contributed by atoms with Crippen LogP contribution in [-0.4, -0.2) is 227 Å². The Bertz CT molecular complexity index is 980. The van der Waals surface area contributed by atoms with Crippen molar-refractivity contribution < 1.29 is 105 Å². The number of rotatable bonds is 15. The van der Waals surface area contributed by atoms with Gasteiger partial charge in [-0.1, -0.05) is 0 Å². The first-order valence-electron chi connectivity index (χ1n) is 15.0. The molecule has 48 heavy (non-hydrogen) atoms. The van der Waals surface area contributed by atoms with E-state index in [4.69, 9.17) is 28.4 Å². The predicted molar refractivity (Wildman–Crippen MR) is 148 cm³/mol. The van der Waals surface area contributed by atoms with Gasteiger partial charge in [-0.2, -0.15) is 0 Å². The lowest BCUT2D eigenvalue weighted by Crippen LogP contribution is -2.66. The number of carbonyl (C=O) groups excluding carboxylic acids is 1. The molecule has 3 rings (SSSR count). The molecule has 1 amide bonds. The van der Waals surface area contributed by atoms with E-state index in [9.17, 15) is 76.3 Å². The van der Waals surface area contributed by atoms with E-state index < -0.39 is 155 Å². The summed E-state index contributed by atoms with van der Waals surface area (Å²) in [7, 11) is 0. The summed E-state index contributed by atoms with van der Waals surface area (Å²) in [5.41, 5.74) is 0. The minimum absolute atomic E-state index is 0.708. The molecule has 3 fully saturated rings. The minimum atomic E-state index is -2.13. The average molecular weight is 710 g/mol. The van der Waals surface area contributed by atoms with Crippen LogP contribution in [0, 0.1) is 0 Å². The molecule has 19 atom stereocenters. The van der Waals surface area contributed by atoms with Gasteiger partial charge in [0.05, 0.1) is 39.1 Å². The Labute approximate surface area is 272 Å². The molecule has 282 valence electrons. The number of carbonyl (C=O) groups is 1. The summed E-state index contributed by atoms with van der Waals surface area (Å²) >= 11 is 0. The number of nitrogens with one attached hydrogen (secondary N) is 1. The van der Waals surface area contributed by atoms with Gasteiger partial charge in [-0.3, -0.25) is 4.79 Å². The summed E-state index contributed by atoms with van der Waals surface area (Å²) in [6.45, 7) is -3.33. The molecular formula is C26H47NO21. The SMILES string of the molecule is CC(=O)N[C@@H](CO)[C@@H](O)[C@H](O[C@@H]1O[C@H](CO[C@H]2O[C@H](CO)[C@@H](O)[C@H](O)[C@@H]2O)[C@@H](O)[C@H](O[C@H]2O[C@H](CO)[C@@H](O)[C@H](O)[C@@H]2O)[C@@H]1O)[C@H](O)CO. The van der Waals surface area contributed by atoms with Gasteiger partial charge in [-0.15, -0.1) is 0 Å². The highest BCUT2D eigenvalue weighted by Gasteiger charge is 2.53. The van der Waals surface area contributed by atoms with Gasteiger partial charge in [0.15, 0.2) is 18.9 Å². The van der Waals surface area contributed by atoms with E-state index in [-0.39, 0.29) is 0 Å². The third-order valence-corrected chi connectivity index (χ3v) is 8.25. The molecule has 15 N–H and O–H groups in total. The molecule has 22 heteroatoms. The highest BCUT2D eigenvalue weighted by atomic mass is 16.8. The summed E-state index contributed by atoms with van der Waals surface area (Å²) in [5.74, 6) is -0.708. The maximum absolute atomic E-state index is 11.6. The second-order valence-electron chi connectivity index (χ2n) is 11.7. The van der Waals surface area contributed by atoms with Crippen molar-refractivity contribution in [3.63, 3.8) is 0 Å². The van der Waals surface area contributed by atoms with Gasteiger partial charge in [-0.25, -0.2) is 0 Å². The molecule has 3 heterocycles. The molecule has 0 aromatic rings. The Kier molecular flexibility index (Phi) is 15.6. The Balaban J connectivity index is 1.91. The largest absolute Gasteiger partial charge is 0.394 e. The van der Waals surface area contributed by atoms with Crippen LogP contribution in [0.3, 0.4) is 0 Å². The Morgan fingerprint density at radius 2 is 1.19 bits per heavy atom. The summed E-state index contributed by atoms with van der Waals surface area (Å²) in [6, 6.07) is -1.48. The van der Waals surface area contributed by atoms with Crippen LogP contribution in [0.4, 0.5) is 0 Å². The molecule has 0 saturated carbocycles. The van der Waals surface area contributed by atoms with Crippen molar-refractivity contribution in [2.75, 3.05) is 33.0 Å². The van der Waals surface area contributed by atoms with E-state index in [0.29, 0.717) is 0 Å². The van der Waals surface area contributed by atoms with Crippen LogP contribution in [0.15, 0.2) is 0 Å². The van der Waals surface area contributed by atoms with Crippen molar-refractivity contribution in [1.29, 1.82) is 0 Å². The molecule has 0 radical (unpaired) electrons. The zero-order valence-corrected chi connectivity index (χ0v) is 25.6. The van der Waals surface area contributed by atoms with E-state index in [1.165, 1.54) is 0 Å². The topological polar surface area (TPSA) is 368 Å². The van der Waals surface area contributed by atoms with Gasteiger partial charge in [0.25, 0.3) is 0 Å². The zero-order valence-electron chi connectivity index (χ0n) is 25.6. The summed E-state index contributed by atoms with van der Waals surface area (Å²) in [6.07, 6.45) is -33.4. The number of hydrogen-bond acceptors (Lipinski definition) is 21. The van der Waals surface area contributed by atoms with Crippen LogP contribution in [0.25, 0.3) is 0 Å². The van der Waals surface area contributed by atoms with Crippen LogP contribution in [0.5, 0.6) is 0 Å². The lowest BCUT2D eigenvalue weighted by Gasteiger charge is -2.47. The number of aliphatic hydroxyl groups excluding tert-OH is 14. The smallest absolute Gasteiger partial charge is 0.217 e. The van der Waals surface area contributed by atoms with Crippen molar-refractivity contribution in [2.24, 2.45) is 0 Å². The first-order valence-corrected chi connectivity index (χ1v) is 15.0. The van der Waals surface area contributed by atoms with Crippen LogP contribution in [0.1, 0.15) is 6.92 Å². The van der Waals surface area contributed by atoms with Gasteiger partial charge in [-0.05, 0) is 0 Å². The zero-order chi connectivity index (χ0) is 36.0. The first kappa shape index (κ1) is 41.1. The van der Waals surface area contributed by atoms with E-state index in [2.05, 4.69) is 5.32 Å². The van der Waals surface area contributed by atoms with E-state index >= 15 is 0 Å². The van der Waals surface area contributed by atoms with Gasteiger partial charge >= 0.3 is 0 Å². The number of ether oxygens (including phenoxy) is 6. The van der Waals surface area contributed by atoms with Crippen molar-refractivity contribution in [3.05, 3.63) is 0 Å². The first-order chi connectivity index (χ1) is 22.6. The van der Waals surface area contributed by atoms with Crippen LogP contribution in [0.2, 0.25) is 0 Å². The molecule has 3 aliphatic rings. The molecule has 0 aromatic heterocycles. The van der Waals surface area contributed by atoms with Crippen molar-refractivity contribution in [1.82, 2.24) is 5.32 Å². The van der Waals surface area contributed by atoms with E-state index in [1.54, 1.807) is 0 Å². The fraction of sp³-hybridized carbons (Fsp3) is 0.962. The van der Waals surface area contributed by atoms with Gasteiger partial charge in [0.1, 0.15) is 91.6 Å². The quantitative estimate of drug-likeness (QED) is 0.0750. The predicted octanol–water partition coefficient (Wildman–Crippen LogP) is -9.97. The van der Waals surface area contributed by atoms with Crippen molar-refractivity contribution in [3.8, 4) is 0 Å². The van der Waals surface area contributed by atoms with Crippen molar-refractivity contribution in [2.45, 2.75) is 123 Å². The van der Waals surface area contributed by atoms with Gasteiger partial charge in [0, 0.05) is 6.92 Å². The second-order valence-corrected chi connectivity index (χ2v) is 11.7. The molecule has 0 aromatic carbocycles. The molecule has 0 spiro atoms. The standard InChI is InChI=1S/C26H47NO21/c1-7(32)27-8(2-28)13(34)22(9(33)3-29)47-26-21(42)23(48-25-20(41)18(39)15(36)11(5-31)45-25)16(37)12(46-26)6-43-24-19(40)17(38)14(35)10(4-30)44-24/h8-26,28-31,33-42H,2-6H2,1H3,(H,27,32)/t8-,9+,10+,11+,12+,13+,14+,15+,16+,17-,18-,19-,20-,21-,22+,23-,24-,25+,26-/m0/s1. The highest BCUT2D eigenvalue weighted by Crippen LogP contribution is 2.32. The Morgan fingerprint density at radius 1 is 0.667 bits per heavy atom. The van der Waals surface area contributed by atoms with Gasteiger partial charge < -0.3 is 105 Å². The number of aliphatic hydroxyl groups is 14. The normalized spacial score (nSPS) is 43.3. The molecule has 0 aliphatic carbocycles. The highest BCUT2D eigenvalue weighted by molar-refractivity contribution is 5.73. The van der Waals surface area contributed by atoms with E-state index in [1.807, 2.05) is 0 Å². The monoisotopic (exact) mass is 709 g/mol. The lowest BCUT2D eigenvalue weighted by molar-refractivity contribution is -0.374. The maximum Gasteiger partial charge on any atom is 0.217 e. The molecule has 3 aliphatic heterocycles. The average Bonchev–Trinajstić information content (AvgIpc) is 3.07. The summed E-state index contributed by atoms with van der Waals surface area (Å²) < 4.78 is 32.8. The maximum atomic E-state index is 11.6. The summed E-state index contributed by atoms with van der Waals surface area (Å²) in [4.78, 5) is 11.6. The molecular weight excluding hydrogens is 662 g/mol. The Hall–Kier alpha value is -1.33. The van der Waals surface area contributed by atoms with Gasteiger partial charge in [0.2, 0.25) is 5.91 Å². The third kappa shape index (κ3) is 9.31. The third-order valence-electron chi connectivity index (χ3n) is 8.25. The minimum Gasteiger partial charge on any atom is -0.394 e. The second kappa shape index (κ2) is 18.2. The van der Waals surface area contributed by atoms with Crippen LogP contribution in [-0.2, 0) is 33.2 Å². The van der Waals surface area contributed by atoms with Crippen LogP contribution < -0.4 is 5.32 Å². The van der Waals surface area contributed by atoms with E-state index in [0.717, 1.165) is 6.92 Å².